The summed E-state index contributed by atoms with van der Waals surface area (Å²) in [6.45, 7) is 9.97. The second-order valence-corrected chi connectivity index (χ2v) is 11.2. The van der Waals surface area contributed by atoms with E-state index in [0.29, 0.717) is 30.3 Å². The molecule has 11 heteroatoms. The number of hydrogen-bond acceptors (Lipinski definition) is 8. The first-order valence-electron chi connectivity index (χ1n) is 14.4. The number of nitrogens with one attached hydrogen (secondary N) is 1. The molecule has 2 saturated heterocycles. The Labute approximate surface area is 250 Å². The van der Waals surface area contributed by atoms with Crippen LogP contribution in [0.3, 0.4) is 0 Å². The number of likely N-dealkylation sites (tertiary alicyclic amines) is 1. The first kappa shape index (κ1) is 30.1. The van der Waals surface area contributed by atoms with Crippen LogP contribution in [0.5, 0.6) is 0 Å². The molecule has 2 fully saturated rings. The largest absolute Gasteiger partial charge is 0.444 e. The molecular weight excluding hydrogens is 551 g/mol. The average Bonchev–Trinajstić information content (AvgIpc) is 3.54. The molecule has 1 N–H and O–H groups in total. The predicted molar refractivity (Wildman–Crippen MR) is 163 cm³/mol. The van der Waals surface area contributed by atoms with E-state index in [1.807, 2.05) is 39.0 Å². The lowest BCUT2D eigenvalue weighted by molar-refractivity contribution is -0.0334. The van der Waals surface area contributed by atoms with Gasteiger partial charge in [-0.05, 0) is 70.0 Å². The van der Waals surface area contributed by atoms with Gasteiger partial charge in [0.05, 0.1) is 49.0 Å². The van der Waals surface area contributed by atoms with Gasteiger partial charge in [-0.15, -0.1) is 0 Å². The van der Waals surface area contributed by atoms with E-state index in [1.165, 1.54) is 11.6 Å². The molecule has 0 saturated carbocycles. The summed E-state index contributed by atoms with van der Waals surface area (Å²) in [6, 6.07) is 12.4. The van der Waals surface area contributed by atoms with Crippen molar-refractivity contribution in [3.05, 3.63) is 78.1 Å². The Bertz CT molecular complexity index is 1540. The van der Waals surface area contributed by atoms with Gasteiger partial charge in [0.15, 0.2) is 0 Å². The topological polar surface area (TPSA) is 104 Å². The molecule has 0 atom stereocenters. The smallest absolute Gasteiger partial charge is 0.410 e. The van der Waals surface area contributed by atoms with Crippen LogP contribution in [0.4, 0.5) is 20.7 Å². The zero-order chi connectivity index (χ0) is 30.2. The van der Waals surface area contributed by atoms with Crippen LogP contribution >= 0.6 is 0 Å². The van der Waals surface area contributed by atoms with Gasteiger partial charge in [-0.1, -0.05) is 5.57 Å². The molecule has 43 heavy (non-hydrogen) atoms. The third kappa shape index (κ3) is 8.59. The Morgan fingerprint density at radius 2 is 1.79 bits per heavy atom. The Balaban J connectivity index is 0.000000548. The number of benzene rings is 1. The van der Waals surface area contributed by atoms with Crippen molar-refractivity contribution >= 4 is 34.6 Å². The number of carbonyl (C=O) groups is 1. The molecule has 0 radical (unpaired) electrons. The molecule has 4 aromatic rings. The number of pyridine rings is 2. The number of hydrogen-bond donors (Lipinski definition) is 1. The summed E-state index contributed by atoms with van der Waals surface area (Å²) >= 11 is 0. The summed E-state index contributed by atoms with van der Waals surface area (Å²) < 4.78 is 31.7. The highest BCUT2D eigenvalue weighted by atomic mass is 19.1. The van der Waals surface area contributed by atoms with Gasteiger partial charge in [0.1, 0.15) is 17.2 Å². The number of amides is 1. The molecule has 3 aromatic heterocycles. The molecule has 0 bridgehead atoms. The van der Waals surface area contributed by atoms with Crippen LogP contribution in [0.15, 0.2) is 66.6 Å². The third-order valence-electron chi connectivity index (χ3n) is 6.73. The fourth-order valence-corrected chi connectivity index (χ4v) is 4.58. The van der Waals surface area contributed by atoms with E-state index in [0.717, 1.165) is 55.9 Å². The highest BCUT2D eigenvalue weighted by molar-refractivity contribution is 5.82. The minimum Gasteiger partial charge on any atom is -0.444 e. The Morgan fingerprint density at radius 1 is 1.05 bits per heavy atom. The third-order valence-corrected chi connectivity index (χ3v) is 6.73. The van der Waals surface area contributed by atoms with Gasteiger partial charge in [0.25, 0.3) is 0 Å². The normalized spacial score (nSPS) is 15.4. The van der Waals surface area contributed by atoms with Crippen molar-refractivity contribution < 1.29 is 23.4 Å². The van der Waals surface area contributed by atoms with E-state index in [1.54, 1.807) is 46.4 Å². The maximum absolute atomic E-state index is 14.7. The average molecular weight is 589 g/mol. The molecule has 0 spiro atoms. The van der Waals surface area contributed by atoms with E-state index in [-0.39, 0.29) is 6.09 Å². The van der Waals surface area contributed by atoms with E-state index in [9.17, 15) is 9.18 Å². The van der Waals surface area contributed by atoms with E-state index >= 15 is 0 Å². The van der Waals surface area contributed by atoms with Gasteiger partial charge in [-0.3, -0.25) is 0 Å². The lowest BCUT2D eigenvalue weighted by Gasteiger charge is -2.31. The maximum atomic E-state index is 14.7. The van der Waals surface area contributed by atoms with Crippen LogP contribution in [-0.2, 0) is 14.2 Å². The zero-order valence-electron chi connectivity index (χ0n) is 24.8. The van der Waals surface area contributed by atoms with Gasteiger partial charge in [0.2, 0.25) is 0 Å². The Kier molecular flexibility index (Phi) is 9.63. The first-order chi connectivity index (χ1) is 20.7. The van der Waals surface area contributed by atoms with Crippen molar-refractivity contribution in [3.63, 3.8) is 0 Å². The van der Waals surface area contributed by atoms with Crippen molar-refractivity contribution in [2.24, 2.45) is 0 Å². The second-order valence-electron chi connectivity index (χ2n) is 11.2. The van der Waals surface area contributed by atoms with Crippen LogP contribution in [0.25, 0.3) is 22.7 Å². The van der Waals surface area contributed by atoms with E-state index in [2.05, 4.69) is 21.5 Å². The molecular formula is C32H37FN6O4. The minimum absolute atomic E-state index is 0.268. The number of fused-ring (bicyclic) bond motifs is 1. The van der Waals surface area contributed by atoms with Crippen LogP contribution in [0.2, 0.25) is 0 Å². The predicted octanol–water partition coefficient (Wildman–Crippen LogP) is 6.15. The number of rotatable bonds is 4. The van der Waals surface area contributed by atoms with Crippen LogP contribution in [0, 0.1) is 5.82 Å². The molecule has 1 amide bonds. The standard InChI is InChI=1S/C28H29FN6O2.C4H8O2/c1-28(2,3)37-27(36)34-13-9-19(10-14-34)15-21-6-5-20-18-30-26(17-25(20)32-21)33-24-8-7-22(16-23(24)29)35-12-4-11-31-35;1-2-6-4-3-5-1/h4-8,11-12,15-18H,9-10,13-14H2,1-3H3,(H,30,33);1-4H2. The van der Waals surface area contributed by atoms with E-state index < -0.39 is 11.4 Å². The number of anilines is 2. The van der Waals surface area contributed by atoms with Crippen molar-refractivity contribution in [2.45, 2.75) is 39.2 Å². The van der Waals surface area contributed by atoms with Crippen LogP contribution in [-0.4, -0.2) is 75.9 Å². The van der Waals surface area contributed by atoms with Crippen molar-refractivity contribution in [3.8, 4) is 5.69 Å². The monoisotopic (exact) mass is 588 g/mol. The first-order valence-corrected chi connectivity index (χ1v) is 14.4. The van der Waals surface area contributed by atoms with Crippen molar-refractivity contribution in [2.75, 3.05) is 44.8 Å². The number of halogens is 1. The summed E-state index contributed by atoms with van der Waals surface area (Å²) in [5, 5.41) is 8.07. The van der Waals surface area contributed by atoms with Gasteiger partial charge < -0.3 is 24.4 Å². The van der Waals surface area contributed by atoms with E-state index in [4.69, 9.17) is 19.2 Å². The van der Waals surface area contributed by atoms with Crippen LogP contribution < -0.4 is 5.32 Å². The fourth-order valence-electron chi connectivity index (χ4n) is 4.58. The maximum Gasteiger partial charge on any atom is 0.410 e. The molecule has 2 aliphatic heterocycles. The summed E-state index contributed by atoms with van der Waals surface area (Å²) in [6.07, 6.45) is 8.48. The highest BCUT2D eigenvalue weighted by Crippen LogP contribution is 2.25. The van der Waals surface area contributed by atoms with Crippen molar-refractivity contribution in [1.82, 2.24) is 24.6 Å². The summed E-state index contributed by atoms with van der Waals surface area (Å²) in [5.41, 5.74) is 3.28. The molecule has 5 heterocycles. The van der Waals surface area contributed by atoms with Crippen molar-refractivity contribution in [1.29, 1.82) is 0 Å². The van der Waals surface area contributed by atoms with Gasteiger partial charge in [-0.2, -0.15) is 5.10 Å². The summed E-state index contributed by atoms with van der Waals surface area (Å²) in [7, 11) is 0. The number of ether oxygens (including phenoxy) is 3. The fraction of sp³-hybridized carbons (Fsp3) is 0.375. The molecule has 6 rings (SSSR count). The molecule has 1 aromatic carbocycles. The van der Waals surface area contributed by atoms with Gasteiger partial charge >= 0.3 is 6.09 Å². The Hall–Kier alpha value is -4.35. The number of nitrogens with zero attached hydrogens (tertiary/aromatic N) is 5. The number of carbonyl (C=O) groups excluding carboxylic acids is 1. The molecule has 0 aliphatic carbocycles. The van der Waals surface area contributed by atoms with Crippen LogP contribution in [0.1, 0.15) is 39.3 Å². The Morgan fingerprint density at radius 3 is 2.42 bits per heavy atom. The quantitative estimate of drug-likeness (QED) is 0.303. The molecule has 0 unspecified atom stereocenters. The minimum atomic E-state index is -0.500. The lowest BCUT2D eigenvalue weighted by atomic mass is 10.0. The molecule has 226 valence electrons. The second kappa shape index (κ2) is 13.7. The summed E-state index contributed by atoms with van der Waals surface area (Å²) in [4.78, 5) is 23.3. The van der Waals surface area contributed by atoms with Gasteiger partial charge in [-0.25, -0.2) is 23.8 Å². The lowest BCUT2D eigenvalue weighted by Crippen LogP contribution is -2.40. The highest BCUT2D eigenvalue weighted by Gasteiger charge is 2.24. The number of piperidine rings is 1. The summed E-state index contributed by atoms with van der Waals surface area (Å²) in [5.74, 6) is 0.0975. The molecule has 2 aliphatic rings. The molecule has 10 nitrogen and oxygen atoms in total. The zero-order valence-corrected chi connectivity index (χ0v) is 24.8. The number of aromatic nitrogens is 4. The SMILES string of the molecule is C1COCCO1.CC(C)(C)OC(=O)N1CCC(=Cc2ccc3cnc(Nc4ccc(-n5cccn5)cc4F)cc3n2)CC1. The van der Waals surface area contributed by atoms with Gasteiger partial charge in [0, 0.05) is 49.2 Å².